The fourth-order valence-electron chi connectivity index (χ4n) is 3.41. The van der Waals surface area contributed by atoms with Crippen molar-refractivity contribution in [2.24, 2.45) is 0 Å². The van der Waals surface area contributed by atoms with Crippen LogP contribution in [0.3, 0.4) is 0 Å². The molecule has 0 aromatic carbocycles. The van der Waals surface area contributed by atoms with Gasteiger partial charge in [-0.1, -0.05) is 0 Å². The smallest absolute Gasteiger partial charge is 0.325 e. The largest absolute Gasteiger partial charge is 0.340 e. The summed E-state index contributed by atoms with van der Waals surface area (Å²) in [4.78, 5) is 39.5. The normalized spacial score (nSPS) is 23.5. The second-order valence-electron chi connectivity index (χ2n) is 7.09. The van der Waals surface area contributed by atoms with Crippen molar-refractivity contribution in [2.45, 2.75) is 45.1 Å². The Hall–Kier alpha value is -2.38. The number of imide groups is 1. The topological polar surface area (TPSA) is 98.4 Å². The van der Waals surface area contributed by atoms with Gasteiger partial charge >= 0.3 is 6.03 Å². The number of amides is 4. The van der Waals surface area contributed by atoms with E-state index in [9.17, 15) is 14.4 Å². The van der Waals surface area contributed by atoms with E-state index in [1.165, 1.54) is 0 Å². The summed E-state index contributed by atoms with van der Waals surface area (Å²) >= 11 is 0. The number of hydrogen-bond donors (Lipinski definition) is 2. The number of piperidine rings is 1. The maximum absolute atomic E-state index is 12.6. The lowest BCUT2D eigenvalue weighted by Gasteiger charge is -2.33. The number of aromatic amines is 1. The quantitative estimate of drug-likeness (QED) is 0.798. The molecule has 0 radical (unpaired) electrons. The highest BCUT2D eigenvalue weighted by molar-refractivity contribution is 6.08. The number of aryl methyl sites for hydroxylation is 1. The number of nitrogens with one attached hydrogen (secondary N) is 2. The number of urea groups is 1. The molecular formula is C16H23N5O3. The number of H-pyrrole nitrogens is 1. The molecule has 130 valence electrons. The first kappa shape index (κ1) is 16.5. The third-order valence-corrected chi connectivity index (χ3v) is 4.79. The zero-order valence-electron chi connectivity index (χ0n) is 14.3. The van der Waals surface area contributed by atoms with E-state index >= 15 is 0 Å². The number of nitrogens with zero attached hydrogens (tertiary/aromatic N) is 3. The Kier molecular flexibility index (Phi) is 4.06. The highest BCUT2D eigenvalue weighted by Gasteiger charge is 2.45. The first-order valence-corrected chi connectivity index (χ1v) is 8.21. The number of rotatable bonds is 3. The Balaban J connectivity index is 1.66. The summed E-state index contributed by atoms with van der Waals surface area (Å²) in [5.41, 5.74) is 1.20. The third-order valence-electron chi connectivity index (χ3n) is 4.79. The molecule has 0 unspecified atom stereocenters. The molecule has 2 saturated heterocycles. The highest BCUT2D eigenvalue weighted by Crippen LogP contribution is 2.27. The summed E-state index contributed by atoms with van der Waals surface area (Å²) in [5, 5.41) is 9.66. The lowest BCUT2D eigenvalue weighted by molar-refractivity contribution is -0.139. The molecular weight excluding hydrogens is 310 g/mol. The molecule has 1 atom stereocenters. The van der Waals surface area contributed by atoms with Gasteiger partial charge in [-0.15, -0.1) is 0 Å². The van der Waals surface area contributed by atoms with Gasteiger partial charge < -0.3 is 10.2 Å². The SMILES string of the molecule is Cc1cn[nH]c1[C@H]1CCCN(C(=O)CN2C(=O)NC(C)(C)C2=O)C1. The zero-order chi connectivity index (χ0) is 17.5. The van der Waals surface area contributed by atoms with Crippen molar-refractivity contribution >= 4 is 17.8 Å². The van der Waals surface area contributed by atoms with Gasteiger partial charge in [0.2, 0.25) is 5.91 Å². The van der Waals surface area contributed by atoms with E-state index in [4.69, 9.17) is 0 Å². The molecule has 3 rings (SSSR count). The fraction of sp³-hybridized carbons (Fsp3) is 0.625. The van der Waals surface area contributed by atoms with Crippen LogP contribution in [0.25, 0.3) is 0 Å². The van der Waals surface area contributed by atoms with E-state index in [-0.39, 0.29) is 24.3 Å². The molecule has 0 aliphatic carbocycles. The zero-order valence-corrected chi connectivity index (χ0v) is 14.3. The van der Waals surface area contributed by atoms with Gasteiger partial charge in [0.15, 0.2) is 0 Å². The van der Waals surface area contributed by atoms with Crippen LogP contribution in [-0.4, -0.2) is 63.0 Å². The van der Waals surface area contributed by atoms with Crippen molar-refractivity contribution in [1.29, 1.82) is 0 Å². The van der Waals surface area contributed by atoms with E-state index in [0.29, 0.717) is 13.1 Å². The molecule has 0 spiro atoms. The molecule has 1 aromatic rings. The van der Waals surface area contributed by atoms with Gasteiger partial charge in [-0.3, -0.25) is 19.6 Å². The summed E-state index contributed by atoms with van der Waals surface area (Å²) in [6, 6.07) is -0.503. The van der Waals surface area contributed by atoms with Crippen LogP contribution < -0.4 is 5.32 Å². The molecule has 2 N–H and O–H groups in total. The Bertz CT molecular complexity index is 681. The molecule has 2 aliphatic rings. The standard InChI is InChI=1S/C16H23N5O3/c1-10-7-17-19-13(10)11-5-4-6-20(8-11)12(22)9-21-14(23)16(2,3)18-15(21)24/h7,11H,4-6,8-9H2,1-3H3,(H,17,19)(H,18,24)/t11-/m0/s1. The van der Waals surface area contributed by atoms with Crippen molar-refractivity contribution in [2.75, 3.05) is 19.6 Å². The average molecular weight is 333 g/mol. The van der Waals surface area contributed by atoms with Crippen LogP contribution in [0.4, 0.5) is 4.79 Å². The molecule has 2 aliphatic heterocycles. The minimum absolute atomic E-state index is 0.196. The second kappa shape index (κ2) is 5.92. The summed E-state index contributed by atoms with van der Waals surface area (Å²) in [7, 11) is 0. The summed E-state index contributed by atoms with van der Waals surface area (Å²) in [6.07, 6.45) is 3.66. The average Bonchev–Trinajstić information content (AvgIpc) is 3.04. The summed E-state index contributed by atoms with van der Waals surface area (Å²) in [6.45, 7) is 6.29. The van der Waals surface area contributed by atoms with Crippen molar-refractivity contribution in [3.63, 3.8) is 0 Å². The van der Waals surface area contributed by atoms with Gasteiger partial charge in [0.1, 0.15) is 12.1 Å². The third kappa shape index (κ3) is 2.88. The Morgan fingerprint density at radius 1 is 1.42 bits per heavy atom. The minimum atomic E-state index is -0.950. The van der Waals surface area contributed by atoms with Crippen LogP contribution in [0, 0.1) is 6.92 Å². The summed E-state index contributed by atoms with van der Waals surface area (Å²) < 4.78 is 0. The fourth-order valence-corrected chi connectivity index (χ4v) is 3.41. The number of likely N-dealkylation sites (tertiary alicyclic amines) is 1. The predicted octanol–water partition coefficient (Wildman–Crippen LogP) is 0.755. The van der Waals surface area contributed by atoms with E-state index in [1.54, 1.807) is 24.9 Å². The van der Waals surface area contributed by atoms with E-state index in [1.807, 2.05) is 6.92 Å². The van der Waals surface area contributed by atoms with Crippen molar-refractivity contribution in [3.05, 3.63) is 17.5 Å². The maximum Gasteiger partial charge on any atom is 0.325 e. The van der Waals surface area contributed by atoms with Gasteiger partial charge in [-0.05, 0) is 39.2 Å². The highest BCUT2D eigenvalue weighted by atomic mass is 16.2. The van der Waals surface area contributed by atoms with Crippen molar-refractivity contribution < 1.29 is 14.4 Å². The van der Waals surface area contributed by atoms with Gasteiger partial charge in [-0.2, -0.15) is 5.10 Å². The Morgan fingerprint density at radius 3 is 2.75 bits per heavy atom. The second-order valence-corrected chi connectivity index (χ2v) is 7.09. The predicted molar refractivity (Wildman–Crippen MR) is 86.2 cm³/mol. The van der Waals surface area contributed by atoms with Crippen LogP contribution >= 0.6 is 0 Å². The van der Waals surface area contributed by atoms with Crippen molar-refractivity contribution in [1.82, 2.24) is 25.3 Å². The van der Waals surface area contributed by atoms with E-state index < -0.39 is 11.6 Å². The van der Waals surface area contributed by atoms with Crippen molar-refractivity contribution in [3.8, 4) is 0 Å². The molecule has 3 heterocycles. The monoisotopic (exact) mass is 333 g/mol. The van der Waals surface area contributed by atoms with Gasteiger partial charge in [0.05, 0.1) is 6.20 Å². The van der Waals surface area contributed by atoms with Crippen LogP contribution in [0.5, 0.6) is 0 Å². The number of carbonyl (C=O) groups excluding carboxylic acids is 3. The number of carbonyl (C=O) groups is 3. The molecule has 8 heteroatoms. The number of hydrogen-bond acceptors (Lipinski definition) is 4. The van der Waals surface area contributed by atoms with Gasteiger partial charge in [0, 0.05) is 24.7 Å². The first-order chi connectivity index (χ1) is 11.3. The Labute approximate surface area is 140 Å². The van der Waals surface area contributed by atoms with Crippen LogP contribution in [0.2, 0.25) is 0 Å². The molecule has 8 nitrogen and oxygen atoms in total. The van der Waals surface area contributed by atoms with Crippen LogP contribution in [-0.2, 0) is 9.59 Å². The van der Waals surface area contributed by atoms with E-state index in [2.05, 4.69) is 15.5 Å². The van der Waals surface area contributed by atoms with E-state index in [0.717, 1.165) is 29.0 Å². The molecule has 2 fully saturated rings. The molecule has 1 aromatic heterocycles. The van der Waals surface area contributed by atoms with Crippen LogP contribution in [0.1, 0.15) is 43.9 Å². The van der Waals surface area contributed by atoms with Gasteiger partial charge in [-0.25, -0.2) is 4.79 Å². The maximum atomic E-state index is 12.6. The molecule has 0 saturated carbocycles. The minimum Gasteiger partial charge on any atom is -0.340 e. The lowest BCUT2D eigenvalue weighted by Crippen LogP contribution is -2.47. The summed E-state index contributed by atoms with van der Waals surface area (Å²) in [5.74, 6) is -0.346. The lowest BCUT2D eigenvalue weighted by atomic mass is 9.93. The van der Waals surface area contributed by atoms with Gasteiger partial charge in [0.25, 0.3) is 5.91 Å². The molecule has 24 heavy (non-hydrogen) atoms. The molecule has 0 bridgehead atoms. The first-order valence-electron chi connectivity index (χ1n) is 8.21. The van der Waals surface area contributed by atoms with Crippen LogP contribution in [0.15, 0.2) is 6.20 Å². The Morgan fingerprint density at radius 2 is 2.17 bits per heavy atom. The number of aromatic nitrogens is 2. The molecule has 4 amide bonds.